The summed E-state index contributed by atoms with van der Waals surface area (Å²) in [5, 5.41) is 17.1. The van der Waals surface area contributed by atoms with E-state index in [2.05, 4.69) is 31.7 Å². The van der Waals surface area contributed by atoms with Crippen molar-refractivity contribution in [3.8, 4) is 10.4 Å². The number of carbonyl (C=O) groups excluding carboxylic acids is 2. The highest BCUT2D eigenvalue weighted by molar-refractivity contribution is 7.13. The molecule has 4 rings (SSSR count). The Kier molecular flexibility index (Phi) is 7.53. The quantitative estimate of drug-likeness (QED) is 0.486. The first kappa shape index (κ1) is 24.6. The van der Waals surface area contributed by atoms with Crippen molar-refractivity contribution in [1.29, 1.82) is 0 Å². The smallest absolute Gasteiger partial charge is 0.243 e. The van der Waals surface area contributed by atoms with E-state index in [1.807, 2.05) is 50.5 Å². The number of hydrogen-bond donors (Lipinski definition) is 2. The Labute approximate surface area is 210 Å². The van der Waals surface area contributed by atoms with Gasteiger partial charge in [-0.15, -0.1) is 16.5 Å². The lowest BCUT2D eigenvalue weighted by atomic mass is 9.91. The average Bonchev–Trinajstić information content (AvgIpc) is 3.52. The second kappa shape index (κ2) is 10.4. The summed E-state index contributed by atoms with van der Waals surface area (Å²) < 4.78 is 5.97. The molecule has 1 unspecified atom stereocenters. The number of aliphatic hydroxyl groups excluding tert-OH is 1. The maximum atomic E-state index is 13.4. The zero-order valence-corrected chi connectivity index (χ0v) is 21.4. The molecule has 1 fully saturated rings. The molecule has 2 amide bonds. The lowest BCUT2D eigenvalue weighted by Gasteiger charge is -2.28. The largest absolute Gasteiger partial charge is 0.391 e. The van der Waals surface area contributed by atoms with Crippen LogP contribution < -0.4 is 9.87 Å². The number of likely N-dealkylation sites (tertiary alicyclic amines) is 1. The van der Waals surface area contributed by atoms with Crippen molar-refractivity contribution < 1.29 is 19.2 Å². The van der Waals surface area contributed by atoms with Gasteiger partial charge in [0.2, 0.25) is 28.1 Å². The van der Waals surface area contributed by atoms with Crippen LogP contribution in [-0.2, 0) is 16.1 Å². The number of aromatic nitrogens is 2. The lowest BCUT2D eigenvalue weighted by Crippen LogP contribution is -2.48. The van der Waals surface area contributed by atoms with Crippen molar-refractivity contribution in [2.45, 2.75) is 51.8 Å². The molecule has 2 aromatic heterocycles. The number of aliphatic hydroxyl groups is 1. The van der Waals surface area contributed by atoms with Gasteiger partial charge in [0.25, 0.3) is 0 Å². The fourth-order valence-electron chi connectivity index (χ4n) is 4.33. The van der Waals surface area contributed by atoms with Crippen molar-refractivity contribution in [2.75, 3.05) is 6.54 Å². The summed E-state index contributed by atoms with van der Waals surface area (Å²) in [6.07, 6.45) is -0.543. The lowest BCUT2D eigenvalue weighted by molar-refractivity contribution is -0.141. The number of rotatable bonds is 7. The van der Waals surface area contributed by atoms with Crippen molar-refractivity contribution in [1.82, 2.24) is 20.4 Å². The minimum absolute atomic E-state index is 0.0630. The van der Waals surface area contributed by atoms with Gasteiger partial charge in [-0.3, -0.25) is 9.59 Å². The van der Waals surface area contributed by atoms with Crippen LogP contribution in [0.15, 0.2) is 40.4 Å². The van der Waals surface area contributed by atoms with Gasteiger partial charge in [-0.2, -0.15) is 0 Å². The number of amides is 2. The van der Waals surface area contributed by atoms with Crippen molar-refractivity contribution in [2.24, 2.45) is 5.92 Å². The number of thiazole rings is 1. The molecule has 8 nitrogen and oxygen atoms in total. The molecule has 0 bridgehead atoms. The number of nitrogens with one attached hydrogen (secondary N) is 1. The molecule has 2 N–H and O–H groups in total. The molecule has 3 heterocycles. The molecular weight excluding hydrogens is 467 g/mol. The van der Waals surface area contributed by atoms with Gasteiger partial charge in [0.15, 0.2) is 0 Å². The molecule has 2 radical (unpaired) electrons. The molecule has 3 aromatic rings. The number of aryl methyl sites for hydroxylation is 1. The van der Waals surface area contributed by atoms with Gasteiger partial charge < -0.3 is 19.8 Å². The van der Waals surface area contributed by atoms with E-state index < -0.39 is 18.1 Å². The predicted octanol–water partition coefficient (Wildman–Crippen LogP) is 1.92. The van der Waals surface area contributed by atoms with Gasteiger partial charge in [-0.1, -0.05) is 38.1 Å². The van der Waals surface area contributed by atoms with Crippen LogP contribution in [0.5, 0.6) is 0 Å². The average molecular weight is 495 g/mol. The van der Waals surface area contributed by atoms with E-state index in [1.165, 1.54) is 4.90 Å². The van der Waals surface area contributed by atoms with Crippen LogP contribution in [0.25, 0.3) is 10.4 Å². The van der Waals surface area contributed by atoms with Gasteiger partial charge in [-0.05, 0) is 34.6 Å². The Morgan fingerprint density at radius 2 is 2.06 bits per heavy atom. The van der Waals surface area contributed by atoms with Crippen LogP contribution in [0.1, 0.15) is 43.2 Å². The summed E-state index contributed by atoms with van der Waals surface area (Å²) in [7, 11) is 0. The molecule has 1 aliphatic heterocycles. The van der Waals surface area contributed by atoms with Crippen LogP contribution >= 0.6 is 11.3 Å². The van der Waals surface area contributed by atoms with E-state index >= 15 is 0 Å². The highest BCUT2D eigenvalue weighted by atomic mass is 32.1. The second-order valence-corrected chi connectivity index (χ2v) is 10.4. The number of carbonyl (C=O) groups is 2. The number of nitrogens with zero attached hydrogens (tertiary/aromatic N) is 3. The summed E-state index contributed by atoms with van der Waals surface area (Å²) in [5.41, 5.74) is 4.86. The summed E-state index contributed by atoms with van der Waals surface area (Å²) in [5.74, 6) is -0.699. The fourth-order valence-corrected chi connectivity index (χ4v) is 5.36. The van der Waals surface area contributed by atoms with E-state index in [1.54, 1.807) is 17.4 Å². The summed E-state index contributed by atoms with van der Waals surface area (Å²) in [4.78, 5) is 33.4. The zero-order valence-electron chi connectivity index (χ0n) is 19.4. The Morgan fingerprint density at radius 3 is 2.65 bits per heavy atom. The first-order valence-corrected chi connectivity index (χ1v) is 12.7. The highest BCUT2D eigenvalue weighted by Gasteiger charge is 2.43. The minimum atomic E-state index is -0.749. The third-order valence-electron chi connectivity index (χ3n) is 6.08. The van der Waals surface area contributed by atoms with Crippen LogP contribution in [-0.4, -0.2) is 66.9 Å². The first-order chi connectivity index (χ1) is 16.2. The molecular formula is C24H27AlN4O4S. The summed E-state index contributed by atoms with van der Waals surface area (Å²) in [6, 6.07) is 8.96. The predicted molar refractivity (Wildman–Crippen MR) is 130 cm³/mol. The van der Waals surface area contributed by atoms with E-state index in [9.17, 15) is 14.7 Å². The van der Waals surface area contributed by atoms with Crippen molar-refractivity contribution >= 4 is 44.0 Å². The van der Waals surface area contributed by atoms with Crippen LogP contribution in [0, 0.1) is 12.8 Å². The van der Waals surface area contributed by atoms with Crippen molar-refractivity contribution in [3.05, 3.63) is 52.9 Å². The minimum Gasteiger partial charge on any atom is -0.391 e. The van der Waals surface area contributed by atoms with Crippen LogP contribution in [0.2, 0.25) is 0 Å². The highest BCUT2D eigenvalue weighted by Crippen LogP contribution is 2.30. The Hall–Kier alpha value is -2.51. The molecule has 0 aliphatic carbocycles. The maximum absolute atomic E-state index is 13.4. The van der Waals surface area contributed by atoms with E-state index in [4.69, 9.17) is 4.52 Å². The fraction of sp³-hybridized carbons (Fsp3) is 0.417. The molecule has 1 aromatic carbocycles. The third kappa shape index (κ3) is 5.26. The van der Waals surface area contributed by atoms with E-state index in [-0.39, 0.29) is 30.7 Å². The summed E-state index contributed by atoms with van der Waals surface area (Å²) >= 11 is 4.04. The number of hydrogen-bond acceptors (Lipinski definition) is 7. The Balaban J connectivity index is 1.43. The van der Waals surface area contributed by atoms with Gasteiger partial charge in [-0.25, -0.2) is 4.98 Å². The monoisotopic (exact) mass is 494 g/mol. The molecule has 176 valence electrons. The Morgan fingerprint density at radius 1 is 1.32 bits per heavy atom. The normalized spacial score (nSPS) is 18.9. The van der Waals surface area contributed by atoms with Crippen LogP contribution in [0.3, 0.4) is 0 Å². The van der Waals surface area contributed by atoms with Gasteiger partial charge in [0.1, 0.15) is 17.7 Å². The second-order valence-electron chi connectivity index (χ2n) is 8.95. The molecule has 3 atom stereocenters. The van der Waals surface area contributed by atoms with Gasteiger partial charge in [0.05, 0.1) is 22.2 Å². The van der Waals surface area contributed by atoms with Crippen LogP contribution in [0.4, 0.5) is 0 Å². The first-order valence-electron chi connectivity index (χ1n) is 11.2. The standard InChI is InChI=1S/C24H27N4O4S.Al/c1-14(2)21(20-8-9-27-32-20)24(31)28-12-18(29)10-19(28)23(30)25-11-16-4-6-17(7-5-16)22-15(3)26-13-33-22;/h4-8,13-14,18-19,21,29H,10-12H2,1-3H3,(H,25,30);/t18-,19+,21?;/m1./s1. The third-order valence-corrected chi connectivity index (χ3v) is 7.33. The molecule has 0 spiro atoms. The van der Waals surface area contributed by atoms with E-state index in [0.717, 1.165) is 21.7 Å². The number of benzene rings is 1. The molecule has 0 saturated carbocycles. The number of β-amino-alcohol motifs (C(OH)–C–C–N with tert-alkyl or cyclic N) is 1. The SMILES string of the molecule is Cc1ncsc1-c1ccc(CNC(=O)[C@@H]2C[C@@H](O)CN2C(=O)C(c2c[c]([Al])no2)C(C)C)cc1. The van der Waals surface area contributed by atoms with Gasteiger partial charge >= 0.3 is 0 Å². The molecule has 34 heavy (non-hydrogen) atoms. The topological polar surface area (TPSA) is 109 Å². The molecule has 1 aliphatic rings. The Bertz CT molecular complexity index is 1160. The van der Waals surface area contributed by atoms with Crippen molar-refractivity contribution in [3.63, 3.8) is 0 Å². The zero-order chi connectivity index (χ0) is 24.4. The maximum Gasteiger partial charge on any atom is 0.243 e. The molecule has 10 heteroatoms. The summed E-state index contributed by atoms with van der Waals surface area (Å²) in [6.45, 7) is 6.28. The molecule has 1 saturated heterocycles. The van der Waals surface area contributed by atoms with Gasteiger partial charge in [0, 0.05) is 19.5 Å². The van der Waals surface area contributed by atoms with E-state index in [0.29, 0.717) is 16.9 Å².